The van der Waals surface area contributed by atoms with Crippen molar-refractivity contribution in [1.29, 1.82) is 0 Å². The van der Waals surface area contributed by atoms with Gasteiger partial charge in [-0.3, -0.25) is 0 Å². The third-order valence-electron chi connectivity index (χ3n) is 2.49. The average Bonchev–Trinajstić information content (AvgIpc) is 2.76. The van der Waals surface area contributed by atoms with Gasteiger partial charge in [-0.25, -0.2) is 4.63 Å². The Morgan fingerprint density at radius 1 is 1.41 bits per heavy atom. The summed E-state index contributed by atoms with van der Waals surface area (Å²) >= 11 is 1.45. The van der Waals surface area contributed by atoms with E-state index in [1.807, 2.05) is 0 Å². The van der Waals surface area contributed by atoms with Gasteiger partial charge in [-0.15, -0.1) is 0 Å². The lowest BCUT2D eigenvalue weighted by Crippen LogP contribution is -2.25. The molecule has 96 valence electrons. The molecule has 0 bridgehead atoms. The van der Waals surface area contributed by atoms with Gasteiger partial charge in [0.25, 0.3) is 0 Å². The van der Waals surface area contributed by atoms with Gasteiger partial charge in [-0.2, -0.15) is 0 Å². The number of hydrogen-bond donors (Lipinski definition) is 1. The Bertz CT molecular complexity index is 363. The lowest BCUT2D eigenvalue weighted by molar-refractivity contribution is 0.302. The lowest BCUT2D eigenvalue weighted by Gasteiger charge is -2.17. The van der Waals surface area contributed by atoms with Gasteiger partial charge in [0.1, 0.15) is 5.69 Å². The molecular weight excluding hydrogens is 240 g/mol. The lowest BCUT2D eigenvalue weighted by atomic mass is 10.4. The van der Waals surface area contributed by atoms with Crippen molar-refractivity contribution in [3.05, 3.63) is 11.4 Å². The maximum atomic E-state index is 8.95. The van der Waals surface area contributed by atoms with Crippen LogP contribution in [0.1, 0.15) is 25.2 Å². The summed E-state index contributed by atoms with van der Waals surface area (Å²) in [4.78, 5) is 2.30. The van der Waals surface area contributed by atoms with Gasteiger partial charge in [-0.1, -0.05) is 35.9 Å². The molecule has 0 amide bonds. The van der Waals surface area contributed by atoms with Gasteiger partial charge in [0.2, 0.25) is 0 Å². The van der Waals surface area contributed by atoms with E-state index in [9.17, 15) is 0 Å². The van der Waals surface area contributed by atoms with Crippen LogP contribution in [0.5, 0.6) is 0 Å². The molecule has 0 spiro atoms. The van der Waals surface area contributed by atoms with E-state index < -0.39 is 0 Å². The molecular formula is C10H18N4O2S. The van der Waals surface area contributed by atoms with Crippen molar-refractivity contribution in [1.82, 2.24) is 15.2 Å². The molecule has 0 aliphatic heterocycles. The number of nitrogens with zero attached hydrogens (tertiary/aromatic N) is 4. The fraction of sp³-hybridized carbons (Fsp3) is 0.700. The minimum Gasteiger partial charge on any atom is -0.410 e. The summed E-state index contributed by atoms with van der Waals surface area (Å²) in [5, 5.41) is 20.0. The fourth-order valence-corrected chi connectivity index (χ4v) is 2.30. The highest BCUT2D eigenvalue weighted by Gasteiger charge is 2.14. The normalized spacial score (nSPS) is 12.4. The largest absolute Gasteiger partial charge is 0.410 e. The first-order valence-electron chi connectivity index (χ1n) is 5.59. The molecule has 0 fully saturated rings. The Balaban J connectivity index is 2.47. The number of thioether (sulfide) groups is 1. The number of hydrogen-bond acceptors (Lipinski definition) is 7. The predicted octanol–water partition coefficient (Wildman–Crippen LogP) is 1.59. The van der Waals surface area contributed by atoms with Crippen LogP contribution >= 0.6 is 11.8 Å². The van der Waals surface area contributed by atoms with Crippen molar-refractivity contribution >= 4 is 16.8 Å². The highest BCUT2D eigenvalue weighted by molar-refractivity contribution is 8.14. The first-order chi connectivity index (χ1) is 8.22. The first-order valence-corrected chi connectivity index (χ1v) is 6.58. The van der Waals surface area contributed by atoms with E-state index in [4.69, 9.17) is 5.21 Å². The topological polar surface area (TPSA) is 74.8 Å². The van der Waals surface area contributed by atoms with Crippen molar-refractivity contribution in [2.24, 2.45) is 5.16 Å². The van der Waals surface area contributed by atoms with Crippen molar-refractivity contribution in [3.8, 4) is 0 Å². The van der Waals surface area contributed by atoms with E-state index >= 15 is 0 Å². The second-order valence-corrected chi connectivity index (χ2v) is 4.56. The van der Waals surface area contributed by atoms with Gasteiger partial charge < -0.3 is 10.1 Å². The van der Waals surface area contributed by atoms with E-state index in [1.54, 1.807) is 6.92 Å². The van der Waals surface area contributed by atoms with E-state index in [0.29, 0.717) is 16.4 Å². The van der Waals surface area contributed by atoms with Crippen molar-refractivity contribution in [2.75, 3.05) is 25.4 Å². The molecule has 1 heterocycles. The van der Waals surface area contributed by atoms with E-state index in [0.717, 1.165) is 25.4 Å². The van der Waals surface area contributed by atoms with Gasteiger partial charge in [0.15, 0.2) is 10.7 Å². The van der Waals surface area contributed by atoms with Crippen LogP contribution in [0.3, 0.4) is 0 Å². The smallest absolute Gasteiger partial charge is 0.167 e. The van der Waals surface area contributed by atoms with Crippen LogP contribution in [0.25, 0.3) is 0 Å². The zero-order chi connectivity index (χ0) is 12.7. The Hall–Kier alpha value is -1.08. The number of oxime groups is 1. The molecule has 1 aromatic heterocycles. The minimum absolute atomic E-state index is 0.455. The van der Waals surface area contributed by atoms with Crippen molar-refractivity contribution < 1.29 is 9.84 Å². The molecule has 0 atom stereocenters. The van der Waals surface area contributed by atoms with Crippen molar-refractivity contribution in [3.63, 3.8) is 0 Å². The first kappa shape index (κ1) is 14.0. The molecule has 0 radical (unpaired) electrons. The van der Waals surface area contributed by atoms with Crippen LogP contribution in [0.4, 0.5) is 0 Å². The average molecular weight is 258 g/mol. The van der Waals surface area contributed by atoms with Gasteiger partial charge >= 0.3 is 0 Å². The quantitative estimate of drug-likeness (QED) is 0.361. The third-order valence-corrected chi connectivity index (χ3v) is 3.42. The molecule has 1 aromatic rings. The number of aromatic nitrogens is 2. The van der Waals surface area contributed by atoms with E-state index in [-0.39, 0.29) is 0 Å². The van der Waals surface area contributed by atoms with Crippen LogP contribution in [-0.4, -0.2) is 50.9 Å². The zero-order valence-corrected chi connectivity index (χ0v) is 11.2. The predicted molar refractivity (Wildman–Crippen MR) is 67.6 cm³/mol. The number of aryl methyl sites for hydroxylation is 1. The Labute approximate surface area is 105 Å². The van der Waals surface area contributed by atoms with Gasteiger partial charge in [0.05, 0.1) is 0 Å². The van der Waals surface area contributed by atoms with Crippen LogP contribution < -0.4 is 0 Å². The van der Waals surface area contributed by atoms with E-state index in [1.165, 1.54) is 11.8 Å². The second-order valence-electron chi connectivity index (χ2n) is 3.48. The molecule has 0 unspecified atom stereocenters. The molecule has 0 saturated heterocycles. The minimum atomic E-state index is 0.455. The Morgan fingerprint density at radius 3 is 2.59 bits per heavy atom. The number of rotatable bonds is 6. The molecule has 1 rings (SSSR count). The SMILES string of the molecule is CCN(CC)CCS/C(=N/O)c1nonc1C. The summed E-state index contributed by atoms with van der Waals surface area (Å²) in [5.74, 6) is 0.841. The summed E-state index contributed by atoms with van der Waals surface area (Å²) in [7, 11) is 0. The van der Waals surface area contributed by atoms with Crippen LogP contribution in [-0.2, 0) is 0 Å². The summed E-state index contributed by atoms with van der Waals surface area (Å²) in [6, 6.07) is 0. The van der Waals surface area contributed by atoms with E-state index in [2.05, 4.69) is 38.8 Å². The molecule has 0 aliphatic rings. The van der Waals surface area contributed by atoms with Gasteiger partial charge in [-0.05, 0) is 25.2 Å². The fourth-order valence-electron chi connectivity index (χ4n) is 1.38. The summed E-state index contributed by atoms with van der Waals surface area (Å²) in [6.45, 7) is 9.01. The summed E-state index contributed by atoms with van der Waals surface area (Å²) in [6.07, 6.45) is 0. The van der Waals surface area contributed by atoms with Gasteiger partial charge in [0, 0.05) is 12.3 Å². The monoisotopic (exact) mass is 258 g/mol. The molecule has 0 aromatic carbocycles. The maximum absolute atomic E-state index is 8.95. The maximum Gasteiger partial charge on any atom is 0.167 e. The highest BCUT2D eigenvalue weighted by atomic mass is 32.2. The zero-order valence-electron chi connectivity index (χ0n) is 10.4. The summed E-state index contributed by atoms with van der Waals surface area (Å²) < 4.78 is 4.58. The van der Waals surface area contributed by atoms with Crippen molar-refractivity contribution in [2.45, 2.75) is 20.8 Å². The molecule has 6 nitrogen and oxygen atoms in total. The second kappa shape index (κ2) is 7.29. The Morgan fingerprint density at radius 2 is 2.12 bits per heavy atom. The van der Waals surface area contributed by atoms with Crippen LogP contribution in [0.2, 0.25) is 0 Å². The molecule has 0 aliphatic carbocycles. The van der Waals surface area contributed by atoms with Crippen LogP contribution in [0.15, 0.2) is 9.78 Å². The molecule has 1 N–H and O–H groups in total. The summed E-state index contributed by atoms with van der Waals surface area (Å²) in [5.41, 5.74) is 1.14. The third kappa shape index (κ3) is 4.01. The molecule has 17 heavy (non-hydrogen) atoms. The van der Waals surface area contributed by atoms with Crippen LogP contribution in [0, 0.1) is 6.92 Å². The standard InChI is InChI=1S/C10H18N4O2S/c1-4-14(5-2)6-7-17-10(11-15)9-8(3)12-16-13-9/h15H,4-7H2,1-3H3/b11-10+. The molecule has 7 heteroatoms. The molecule has 0 saturated carbocycles. The highest BCUT2D eigenvalue weighted by Crippen LogP contribution is 2.14. The Kier molecular flexibility index (Phi) is 5.99.